The fourth-order valence-corrected chi connectivity index (χ4v) is 1.96. The van der Waals surface area contributed by atoms with Crippen molar-refractivity contribution in [2.45, 2.75) is 6.18 Å². The summed E-state index contributed by atoms with van der Waals surface area (Å²) in [5, 5.41) is 7.29. The molecule has 2 amide bonds. The van der Waals surface area contributed by atoms with E-state index in [0.717, 1.165) is 0 Å². The number of carbonyl (C=O) groups excluding carboxylic acids is 2. The molecule has 0 aromatic heterocycles. The average molecular weight is 351 g/mol. The van der Waals surface area contributed by atoms with Gasteiger partial charge in [0.25, 0.3) is 5.91 Å². The standard InChI is InChI=1S/C17H16F3N3O2/c18-17(19,20)11-22-16(25)12-5-4-8-14(9-12)21-10-15(24)23-13-6-2-1-3-7-13/h1-9,21H,10-11H2,(H,22,25)(H,23,24). The van der Waals surface area contributed by atoms with Crippen molar-refractivity contribution in [3.8, 4) is 0 Å². The first-order valence-electron chi connectivity index (χ1n) is 7.37. The molecule has 25 heavy (non-hydrogen) atoms. The molecule has 0 bridgehead atoms. The molecule has 132 valence electrons. The van der Waals surface area contributed by atoms with Crippen molar-refractivity contribution in [2.75, 3.05) is 23.7 Å². The molecule has 0 saturated carbocycles. The van der Waals surface area contributed by atoms with Crippen LogP contribution in [-0.2, 0) is 4.79 Å². The molecule has 8 heteroatoms. The number of anilines is 2. The van der Waals surface area contributed by atoms with Crippen molar-refractivity contribution in [2.24, 2.45) is 0 Å². The van der Waals surface area contributed by atoms with E-state index in [9.17, 15) is 22.8 Å². The summed E-state index contributed by atoms with van der Waals surface area (Å²) in [5.41, 5.74) is 1.16. The molecule has 0 aliphatic rings. The van der Waals surface area contributed by atoms with Gasteiger partial charge in [0, 0.05) is 16.9 Å². The smallest absolute Gasteiger partial charge is 0.376 e. The van der Waals surface area contributed by atoms with E-state index >= 15 is 0 Å². The quantitative estimate of drug-likeness (QED) is 0.749. The molecule has 0 unspecified atom stereocenters. The summed E-state index contributed by atoms with van der Waals surface area (Å²) in [7, 11) is 0. The first-order chi connectivity index (χ1) is 11.8. The highest BCUT2D eigenvalue weighted by Crippen LogP contribution is 2.14. The van der Waals surface area contributed by atoms with Gasteiger partial charge in [0.1, 0.15) is 6.54 Å². The van der Waals surface area contributed by atoms with Crippen LogP contribution >= 0.6 is 0 Å². The number of nitrogens with one attached hydrogen (secondary N) is 3. The van der Waals surface area contributed by atoms with E-state index < -0.39 is 18.6 Å². The Kier molecular flexibility index (Phi) is 5.99. The first-order valence-corrected chi connectivity index (χ1v) is 7.37. The zero-order chi connectivity index (χ0) is 18.3. The third kappa shape index (κ3) is 6.54. The number of carbonyl (C=O) groups is 2. The average Bonchev–Trinajstić information content (AvgIpc) is 2.58. The molecule has 2 aromatic carbocycles. The molecule has 0 saturated heterocycles. The van der Waals surface area contributed by atoms with Crippen LogP contribution in [0.1, 0.15) is 10.4 Å². The SMILES string of the molecule is O=C(CNc1cccc(C(=O)NCC(F)(F)F)c1)Nc1ccccc1. The monoisotopic (exact) mass is 351 g/mol. The summed E-state index contributed by atoms with van der Waals surface area (Å²) in [6, 6.07) is 14.8. The van der Waals surface area contributed by atoms with Crippen molar-refractivity contribution in [1.82, 2.24) is 5.32 Å². The van der Waals surface area contributed by atoms with Crippen molar-refractivity contribution in [1.29, 1.82) is 0 Å². The number of para-hydroxylation sites is 1. The fraction of sp³-hybridized carbons (Fsp3) is 0.176. The minimum Gasteiger partial charge on any atom is -0.376 e. The van der Waals surface area contributed by atoms with E-state index in [1.54, 1.807) is 35.6 Å². The Labute approximate surface area is 142 Å². The Morgan fingerprint density at radius 3 is 2.28 bits per heavy atom. The van der Waals surface area contributed by atoms with E-state index in [1.807, 2.05) is 6.07 Å². The fourth-order valence-electron chi connectivity index (χ4n) is 1.96. The van der Waals surface area contributed by atoms with Gasteiger partial charge in [-0.3, -0.25) is 9.59 Å². The number of hydrogen-bond donors (Lipinski definition) is 3. The molecule has 0 spiro atoms. The lowest BCUT2D eigenvalue weighted by Gasteiger charge is -2.10. The summed E-state index contributed by atoms with van der Waals surface area (Å²) in [5.74, 6) is -1.13. The van der Waals surface area contributed by atoms with Gasteiger partial charge in [0.15, 0.2) is 0 Å². The van der Waals surface area contributed by atoms with E-state index in [1.165, 1.54) is 18.2 Å². The maximum atomic E-state index is 12.1. The molecule has 0 fully saturated rings. The third-order valence-corrected chi connectivity index (χ3v) is 3.08. The van der Waals surface area contributed by atoms with Gasteiger partial charge in [-0.15, -0.1) is 0 Å². The van der Waals surface area contributed by atoms with Gasteiger partial charge < -0.3 is 16.0 Å². The van der Waals surface area contributed by atoms with Crippen LogP contribution in [0.4, 0.5) is 24.5 Å². The summed E-state index contributed by atoms with van der Waals surface area (Å²) in [6.07, 6.45) is -4.47. The molecule has 3 N–H and O–H groups in total. The van der Waals surface area contributed by atoms with Gasteiger partial charge in [0.05, 0.1) is 6.54 Å². The number of rotatable bonds is 6. The highest BCUT2D eigenvalue weighted by molar-refractivity contribution is 5.96. The predicted octanol–water partition coefficient (Wildman–Crippen LogP) is 3.03. The van der Waals surface area contributed by atoms with Crippen LogP contribution in [0.2, 0.25) is 0 Å². The maximum absolute atomic E-state index is 12.1. The van der Waals surface area contributed by atoms with Crippen molar-refractivity contribution < 1.29 is 22.8 Å². The van der Waals surface area contributed by atoms with Crippen molar-refractivity contribution >= 4 is 23.2 Å². The van der Waals surface area contributed by atoms with Crippen LogP contribution in [0.15, 0.2) is 54.6 Å². The Morgan fingerprint density at radius 2 is 1.60 bits per heavy atom. The molecule has 5 nitrogen and oxygen atoms in total. The van der Waals surface area contributed by atoms with Crippen LogP contribution in [0, 0.1) is 0 Å². The number of halogens is 3. The van der Waals surface area contributed by atoms with Gasteiger partial charge in [-0.05, 0) is 30.3 Å². The second kappa shape index (κ2) is 8.18. The molecule has 0 atom stereocenters. The van der Waals surface area contributed by atoms with Crippen LogP contribution in [0.25, 0.3) is 0 Å². The highest BCUT2D eigenvalue weighted by atomic mass is 19.4. The largest absolute Gasteiger partial charge is 0.405 e. The van der Waals surface area contributed by atoms with E-state index in [2.05, 4.69) is 10.6 Å². The van der Waals surface area contributed by atoms with E-state index in [4.69, 9.17) is 0 Å². The van der Waals surface area contributed by atoms with Crippen LogP contribution < -0.4 is 16.0 Å². The minimum atomic E-state index is -4.47. The number of hydrogen-bond acceptors (Lipinski definition) is 3. The van der Waals surface area contributed by atoms with Crippen molar-refractivity contribution in [3.63, 3.8) is 0 Å². The second-order valence-electron chi connectivity index (χ2n) is 5.15. The van der Waals surface area contributed by atoms with E-state index in [-0.39, 0.29) is 18.0 Å². The molecule has 0 heterocycles. The molecular weight excluding hydrogens is 335 g/mol. The molecular formula is C17H16F3N3O2. The third-order valence-electron chi connectivity index (χ3n) is 3.08. The number of amides is 2. The Balaban J connectivity index is 1.88. The van der Waals surface area contributed by atoms with E-state index in [0.29, 0.717) is 11.4 Å². The normalized spacial score (nSPS) is 10.8. The second-order valence-corrected chi connectivity index (χ2v) is 5.15. The summed E-state index contributed by atoms with van der Waals surface area (Å²) < 4.78 is 36.4. The summed E-state index contributed by atoms with van der Waals surface area (Å²) in [6.45, 7) is -1.45. The highest BCUT2D eigenvalue weighted by Gasteiger charge is 2.27. The molecule has 0 aliphatic carbocycles. The Bertz CT molecular complexity index is 733. The Morgan fingerprint density at radius 1 is 0.920 bits per heavy atom. The lowest BCUT2D eigenvalue weighted by molar-refractivity contribution is -0.123. The van der Waals surface area contributed by atoms with Gasteiger partial charge in [-0.1, -0.05) is 24.3 Å². The first kappa shape index (κ1) is 18.3. The minimum absolute atomic E-state index is 0.0531. The molecule has 0 radical (unpaired) electrons. The zero-order valence-corrected chi connectivity index (χ0v) is 13.1. The van der Waals surface area contributed by atoms with Crippen LogP contribution in [0.5, 0.6) is 0 Å². The zero-order valence-electron chi connectivity index (χ0n) is 13.1. The van der Waals surface area contributed by atoms with Gasteiger partial charge in [0.2, 0.25) is 5.91 Å². The molecule has 2 aromatic rings. The predicted molar refractivity (Wildman–Crippen MR) is 88.4 cm³/mol. The summed E-state index contributed by atoms with van der Waals surface area (Å²) in [4.78, 5) is 23.5. The van der Waals surface area contributed by atoms with Crippen molar-refractivity contribution in [3.05, 3.63) is 60.2 Å². The number of alkyl halides is 3. The molecule has 2 rings (SSSR count). The molecule has 0 aliphatic heterocycles. The van der Waals surface area contributed by atoms with Crippen LogP contribution in [0.3, 0.4) is 0 Å². The number of benzene rings is 2. The van der Waals surface area contributed by atoms with Gasteiger partial charge >= 0.3 is 6.18 Å². The van der Waals surface area contributed by atoms with Gasteiger partial charge in [-0.2, -0.15) is 13.2 Å². The van der Waals surface area contributed by atoms with Crippen LogP contribution in [-0.4, -0.2) is 31.1 Å². The Hall–Kier alpha value is -3.03. The summed E-state index contributed by atoms with van der Waals surface area (Å²) >= 11 is 0. The maximum Gasteiger partial charge on any atom is 0.405 e. The van der Waals surface area contributed by atoms with Gasteiger partial charge in [-0.25, -0.2) is 0 Å². The lowest BCUT2D eigenvalue weighted by atomic mass is 10.2. The topological polar surface area (TPSA) is 70.2 Å². The lowest BCUT2D eigenvalue weighted by Crippen LogP contribution is -2.33.